The summed E-state index contributed by atoms with van der Waals surface area (Å²) in [7, 11) is 0. The highest BCUT2D eigenvalue weighted by Crippen LogP contribution is 2.25. The van der Waals surface area contributed by atoms with Gasteiger partial charge in [0.2, 0.25) is 5.91 Å². The monoisotopic (exact) mass is 262 g/mol. The summed E-state index contributed by atoms with van der Waals surface area (Å²) < 4.78 is 5.75. The highest BCUT2D eigenvalue weighted by molar-refractivity contribution is 5.79. The predicted molar refractivity (Wildman–Crippen MR) is 75.4 cm³/mol. The molecule has 0 aliphatic carbocycles. The second kappa shape index (κ2) is 6.57. The van der Waals surface area contributed by atoms with Gasteiger partial charge in [0.1, 0.15) is 12.4 Å². The third-order valence-electron chi connectivity index (χ3n) is 3.35. The summed E-state index contributed by atoms with van der Waals surface area (Å²) >= 11 is 0. The molecular weight excluding hydrogens is 240 g/mol. The van der Waals surface area contributed by atoms with Crippen LogP contribution in [-0.2, 0) is 4.79 Å². The van der Waals surface area contributed by atoms with Gasteiger partial charge in [-0.05, 0) is 17.5 Å². The quantitative estimate of drug-likeness (QED) is 0.764. The van der Waals surface area contributed by atoms with E-state index in [4.69, 9.17) is 4.74 Å². The lowest BCUT2D eigenvalue weighted by molar-refractivity contribution is -0.126. The van der Waals surface area contributed by atoms with E-state index in [1.54, 1.807) is 0 Å². The van der Waals surface area contributed by atoms with E-state index in [0.29, 0.717) is 19.1 Å². The first-order valence-electron chi connectivity index (χ1n) is 6.88. The summed E-state index contributed by atoms with van der Waals surface area (Å²) in [5, 5.41) is 5.99. The smallest absolute Gasteiger partial charge is 0.225 e. The summed E-state index contributed by atoms with van der Waals surface area (Å²) in [5.74, 6) is 1.62. The van der Waals surface area contributed by atoms with Crippen LogP contribution in [0.5, 0.6) is 5.75 Å². The molecule has 2 rings (SSSR count). The van der Waals surface area contributed by atoms with Gasteiger partial charge in [-0.25, -0.2) is 0 Å². The molecule has 1 aliphatic rings. The van der Waals surface area contributed by atoms with E-state index in [0.717, 1.165) is 18.8 Å². The number of para-hydroxylation sites is 1. The van der Waals surface area contributed by atoms with Gasteiger partial charge in [-0.15, -0.1) is 0 Å². The zero-order chi connectivity index (χ0) is 13.7. The van der Waals surface area contributed by atoms with Crippen LogP contribution in [0.1, 0.15) is 25.3 Å². The van der Waals surface area contributed by atoms with Crippen molar-refractivity contribution in [2.24, 2.45) is 5.92 Å². The van der Waals surface area contributed by atoms with Crippen molar-refractivity contribution < 1.29 is 9.53 Å². The molecule has 1 aromatic rings. The minimum atomic E-state index is 0.125. The van der Waals surface area contributed by atoms with Gasteiger partial charge in [0.25, 0.3) is 0 Å². The van der Waals surface area contributed by atoms with E-state index in [2.05, 4.69) is 30.5 Å². The van der Waals surface area contributed by atoms with E-state index in [9.17, 15) is 4.79 Å². The van der Waals surface area contributed by atoms with Crippen molar-refractivity contribution in [1.82, 2.24) is 10.6 Å². The topological polar surface area (TPSA) is 50.4 Å². The van der Waals surface area contributed by atoms with Gasteiger partial charge in [0.15, 0.2) is 0 Å². The standard InChI is InChI=1S/C15H22N2O2/c1-11(2)13-5-3-4-6-14(13)19-8-7-17-15(18)12-9-16-10-12/h3-6,11-12,16H,7-10H2,1-2H3,(H,17,18). The minimum absolute atomic E-state index is 0.125. The number of hydrogen-bond donors (Lipinski definition) is 2. The third-order valence-corrected chi connectivity index (χ3v) is 3.35. The van der Waals surface area contributed by atoms with Crippen LogP contribution in [0.2, 0.25) is 0 Å². The van der Waals surface area contributed by atoms with Crippen molar-refractivity contribution in [3.8, 4) is 5.75 Å². The molecule has 0 aromatic heterocycles. The number of rotatable bonds is 6. The fourth-order valence-electron chi connectivity index (χ4n) is 2.04. The van der Waals surface area contributed by atoms with Crippen molar-refractivity contribution in [3.63, 3.8) is 0 Å². The van der Waals surface area contributed by atoms with Crippen LogP contribution in [0.15, 0.2) is 24.3 Å². The molecule has 0 spiro atoms. The molecule has 4 heteroatoms. The van der Waals surface area contributed by atoms with Crippen LogP contribution in [0.25, 0.3) is 0 Å². The molecule has 0 unspecified atom stereocenters. The van der Waals surface area contributed by atoms with Gasteiger partial charge >= 0.3 is 0 Å². The highest BCUT2D eigenvalue weighted by Gasteiger charge is 2.24. The Balaban J connectivity index is 1.74. The van der Waals surface area contributed by atoms with E-state index in [1.165, 1.54) is 5.56 Å². The van der Waals surface area contributed by atoms with Crippen molar-refractivity contribution in [1.29, 1.82) is 0 Å². The van der Waals surface area contributed by atoms with Crippen molar-refractivity contribution in [3.05, 3.63) is 29.8 Å². The lowest BCUT2D eigenvalue weighted by atomic mass is 10.0. The summed E-state index contributed by atoms with van der Waals surface area (Å²) in [5.41, 5.74) is 1.21. The van der Waals surface area contributed by atoms with E-state index in [-0.39, 0.29) is 11.8 Å². The van der Waals surface area contributed by atoms with Crippen LogP contribution < -0.4 is 15.4 Å². The molecular formula is C15H22N2O2. The minimum Gasteiger partial charge on any atom is -0.491 e. The van der Waals surface area contributed by atoms with Gasteiger partial charge in [0, 0.05) is 13.1 Å². The molecule has 1 aliphatic heterocycles. The average Bonchev–Trinajstić information content (AvgIpc) is 2.33. The maximum absolute atomic E-state index is 11.6. The number of benzene rings is 1. The van der Waals surface area contributed by atoms with Crippen LogP contribution in [0.3, 0.4) is 0 Å². The molecule has 0 radical (unpaired) electrons. The lowest BCUT2D eigenvalue weighted by Gasteiger charge is -2.25. The Bertz CT molecular complexity index is 428. The van der Waals surface area contributed by atoms with Crippen LogP contribution in [0, 0.1) is 5.92 Å². The molecule has 19 heavy (non-hydrogen) atoms. The van der Waals surface area contributed by atoms with Crippen molar-refractivity contribution in [2.75, 3.05) is 26.2 Å². The van der Waals surface area contributed by atoms with Crippen LogP contribution in [-0.4, -0.2) is 32.1 Å². The van der Waals surface area contributed by atoms with Crippen LogP contribution in [0.4, 0.5) is 0 Å². The normalized spacial score (nSPS) is 15.1. The average molecular weight is 262 g/mol. The predicted octanol–water partition coefficient (Wildman–Crippen LogP) is 1.52. The number of carbonyl (C=O) groups excluding carboxylic acids is 1. The second-order valence-electron chi connectivity index (χ2n) is 5.19. The highest BCUT2D eigenvalue weighted by atomic mass is 16.5. The van der Waals surface area contributed by atoms with Crippen molar-refractivity contribution >= 4 is 5.91 Å². The molecule has 0 atom stereocenters. The summed E-state index contributed by atoms with van der Waals surface area (Å²) in [6.07, 6.45) is 0. The first kappa shape index (κ1) is 13.9. The SMILES string of the molecule is CC(C)c1ccccc1OCCNC(=O)C1CNC1. The van der Waals surface area contributed by atoms with E-state index < -0.39 is 0 Å². The van der Waals surface area contributed by atoms with Crippen LogP contribution >= 0.6 is 0 Å². The molecule has 4 nitrogen and oxygen atoms in total. The summed E-state index contributed by atoms with van der Waals surface area (Å²) in [6, 6.07) is 8.05. The molecule has 0 bridgehead atoms. The van der Waals surface area contributed by atoms with Gasteiger partial charge in [-0.1, -0.05) is 32.0 Å². The van der Waals surface area contributed by atoms with Crippen molar-refractivity contribution in [2.45, 2.75) is 19.8 Å². The van der Waals surface area contributed by atoms with E-state index >= 15 is 0 Å². The summed E-state index contributed by atoms with van der Waals surface area (Å²) in [6.45, 7) is 6.95. The molecule has 1 saturated heterocycles. The van der Waals surface area contributed by atoms with Gasteiger partial charge in [-0.2, -0.15) is 0 Å². The zero-order valence-corrected chi connectivity index (χ0v) is 11.6. The molecule has 1 fully saturated rings. The summed E-state index contributed by atoms with van der Waals surface area (Å²) in [4.78, 5) is 11.6. The third kappa shape index (κ3) is 3.70. The first-order chi connectivity index (χ1) is 9.18. The number of ether oxygens (including phenoxy) is 1. The van der Waals surface area contributed by atoms with Gasteiger partial charge in [0.05, 0.1) is 12.5 Å². The maximum atomic E-state index is 11.6. The largest absolute Gasteiger partial charge is 0.491 e. The Morgan fingerprint density at radius 2 is 2.16 bits per heavy atom. The number of amides is 1. The fraction of sp³-hybridized carbons (Fsp3) is 0.533. The Morgan fingerprint density at radius 1 is 1.42 bits per heavy atom. The Hall–Kier alpha value is -1.55. The number of carbonyl (C=O) groups is 1. The lowest BCUT2D eigenvalue weighted by Crippen LogP contribution is -2.51. The van der Waals surface area contributed by atoms with E-state index in [1.807, 2.05) is 18.2 Å². The Morgan fingerprint density at radius 3 is 2.79 bits per heavy atom. The second-order valence-corrected chi connectivity index (χ2v) is 5.19. The molecule has 1 aromatic carbocycles. The number of hydrogen-bond acceptors (Lipinski definition) is 3. The zero-order valence-electron chi connectivity index (χ0n) is 11.6. The Labute approximate surface area is 114 Å². The molecule has 104 valence electrons. The molecule has 1 amide bonds. The Kier molecular flexibility index (Phi) is 4.80. The molecule has 1 heterocycles. The first-order valence-corrected chi connectivity index (χ1v) is 6.88. The maximum Gasteiger partial charge on any atom is 0.225 e. The molecule has 2 N–H and O–H groups in total. The number of nitrogens with one attached hydrogen (secondary N) is 2. The van der Waals surface area contributed by atoms with Gasteiger partial charge in [-0.3, -0.25) is 4.79 Å². The van der Waals surface area contributed by atoms with Gasteiger partial charge < -0.3 is 15.4 Å². The fourth-order valence-corrected chi connectivity index (χ4v) is 2.04. The molecule has 0 saturated carbocycles.